The van der Waals surface area contributed by atoms with Crippen molar-refractivity contribution in [3.8, 4) is 0 Å². The van der Waals surface area contributed by atoms with Gasteiger partial charge in [0.1, 0.15) is 0 Å². The maximum atomic E-state index is 12.3. The van der Waals surface area contributed by atoms with Crippen LogP contribution in [0.15, 0.2) is 42.5 Å². The summed E-state index contributed by atoms with van der Waals surface area (Å²) >= 11 is 6.02. The predicted octanol–water partition coefficient (Wildman–Crippen LogP) is 3.35. The van der Waals surface area contributed by atoms with E-state index in [9.17, 15) is 8.42 Å². The first kappa shape index (κ1) is 14.9. The number of hydrogen-bond acceptors (Lipinski definition) is 3. The number of halogens is 1. The van der Waals surface area contributed by atoms with E-state index >= 15 is 0 Å². The van der Waals surface area contributed by atoms with Gasteiger partial charge in [0.05, 0.1) is 11.5 Å². The molecule has 0 aromatic heterocycles. The van der Waals surface area contributed by atoms with Gasteiger partial charge < -0.3 is 5.73 Å². The van der Waals surface area contributed by atoms with Gasteiger partial charge in [0, 0.05) is 10.7 Å². The van der Waals surface area contributed by atoms with Gasteiger partial charge in [0.15, 0.2) is 9.84 Å². The molecule has 0 aliphatic carbocycles. The maximum absolute atomic E-state index is 12.3. The number of nitrogens with two attached hydrogens (primary N) is 1. The second-order valence-electron chi connectivity index (χ2n) is 4.81. The van der Waals surface area contributed by atoms with Crippen molar-refractivity contribution in [1.29, 1.82) is 0 Å². The van der Waals surface area contributed by atoms with Crippen LogP contribution in [0, 0.1) is 6.92 Å². The van der Waals surface area contributed by atoms with Crippen LogP contribution >= 0.6 is 11.6 Å². The molecule has 2 aromatic rings. The average molecular weight is 310 g/mol. The van der Waals surface area contributed by atoms with E-state index in [1.165, 1.54) is 0 Å². The summed E-state index contributed by atoms with van der Waals surface area (Å²) in [7, 11) is -3.29. The molecule has 0 saturated carbocycles. The number of rotatable bonds is 4. The van der Waals surface area contributed by atoms with E-state index < -0.39 is 9.84 Å². The van der Waals surface area contributed by atoms with Gasteiger partial charge in [-0.15, -0.1) is 0 Å². The molecule has 2 N–H and O–H groups in total. The van der Waals surface area contributed by atoms with Gasteiger partial charge in [0.25, 0.3) is 0 Å². The van der Waals surface area contributed by atoms with E-state index in [0.717, 1.165) is 11.1 Å². The zero-order valence-electron chi connectivity index (χ0n) is 11.1. The topological polar surface area (TPSA) is 60.2 Å². The lowest BCUT2D eigenvalue weighted by atomic mass is 10.1. The fraction of sp³-hybridized carbons (Fsp3) is 0.200. The van der Waals surface area contributed by atoms with Gasteiger partial charge in [-0.05, 0) is 41.8 Å². The third kappa shape index (κ3) is 3.74. The highest BCUT2D eigenvalue weighted by Gasteiger charge is 2.16. The van der Waals surface area contributed by atoms with E-state index in [1.54, 1.807) is 18.2 Å². The van der Waals surface area contributed by atoms with Crippen LogP contribution in [0.2, 0.25) is 5.02 Å². The number of nitrogen functional groups attached to an aromatic ring is 1. The summed E-state index contributed by atoms with van der Waals surface area (Å²) in [6, 6.07) is 12.3. The predicted molar refractivity (Wildman–Crippen MR) is 83.4 cm³/mol. The Kier molecular flexibility index (Phi) is 4.35. The summed E-state index contributed by atoms with van der Waals surface area (Å²) in [6.07, 6.45) is 0. The van der Waals surface area contributed by atoms with Crippen LogP contribution < -0.4 is 5.73 Å². The molecule has 0 heterocycles. The van der Waals surface area contributed by atoms with Crippen LogP contribution in [0.4, 0.5) is 5.69 Å². The van der Waals surface area contributed by atoms with E-state index in [0.29, 0.717) is 16.3 Å². The van der Waals surface area contributed by atoms with Gasteiger partial charge in [0.2, 0.25) is 0 Å². The smallest absolute Gasteiger partial charge is 0.158 e. The molecule has 0 radical (unpaired) electrons. The summed E-state index contributed by atoms with van der Waals surface area (Å²) in [5.41, 5.74) is 8.50. The fourth-order valence-electron chi connectivity index (χ4n) is 2.00. The lowest BCUT2D eigenvalue weighted by Crippen LogP contribution is -2.09. The molecule has 3 nitrogen and oxygen atoms in total. The molecule has 0 spiro atoms. The third-order valence-corrected chi connectivity index (χ3v) is 4.95. The van der Waals surface area contributed by atoms with Crippen molar-refractivity contribution in [2.24, 2.45) is 0 Å². The Morgan fingerprint density at radius 3 is 2.40 bits per heavy atom. The SMILES string of the molecule is Cc1ccccc1CS(=O)(=O)Cc1cc(N)ccc1Cl. The minimum absolute atomic E-state index is 0.00476. The lowest BCUT2D eigenvalue weighted by Gasteiger charge is -2.09. The zero-order chi connectivity index (χ0) is 14.8. The van der Waals surface area contributed by atoms with Crippen LogP contribution in [0.5, 0.6) is 0 Å². The largest absolute Gasteiger partial charge is 0.399 e. The molecular weight excluding hydrogens is 294 g/mol. The molecule has 0 aliphatic heterocycles. The van der Waals surface area contributed by atoms with Crippen molar-refractivity contribution in [2.45, 2.75) is 18.4 Å². The van der Waals surface area contributed by atoms with E-state index in [1.807, 2.05) is 31.2 Å². The zero-order valence-corrected chi connectivity index (χ0v) is 12.7. The van der Waals surface area contributed by atoms with Crippen LogP contribution in [-0.2, 0) is 21.3 Å². The first-order chi connectivity index (χ1) is 9.37. The Bertz CT molecular complexity index is 726. The summed E-state index contributed by atoms with van der Waals surface area (Å²) in [6.45, 7) is 1.90. The van der Waals surface area contributed by atoms with Crippen LogP contribution in [0.3, 0.4) is 0 Å². The molecule has 0 unspecified atom stereocenters. The summed E-state index contributed by atoms with van der Waals surface area (Å²) in [4.78, 5) is 0. The van der Waals surface area contributed by atoms with Gasteiger partial charge in [-0.3, -0.25) is 0 Å². The van der Waals surface area contributed by atoms with Gasteiger partial charge in [-0.1, -0.05) is 35.9 Å². The number of sulfone groups is 1. The molecule has 20 heavy (non-hydrogen) atoms. The second-order valence-corrected chi connectivity index (χ2v) is 7.28. The van der Waals surface area contributed by atoms with Gasteiger partial charge >= 0.3 is 0 Å². The van der Waals surface area contributed by atoms with Crippen molar-refractivity contribution in [3.05, 3.63) is 64.2 Å². The number of hydrogen-bond donors (Lipinski definition) is 1. The van der Waals surface area contributed by atoms with Crippen molar-refractivity contribution in [1.82, 2.24) is 0 Å². The maximum Gasteiger partial charge on any atom is 0.158 e. The van der Waals surface area contributed by atoms with E-state index in [2.05, 4.69) is 0 Å². The first-order valence-corrected chi connectivity index (χ1v) is 8.36. The monoisotopic (exact) mass is 309 g/mol. The molecule has 0 aliphatic rings. The fourth-order valence-corrected chi connectivity index (χ4v) is 3.88. The Labute approximate surface area is 124 Å². The molecular formula is C15H16ClNO2S. The Balaban J connectivity index is 2.24. The first-order valence-electron chi connectivity index (χ1n) is 6.16. The van der Waals surface area contributed by atoms with Gasteiger partial charge in [-0.2, -0.15) is 0 Å². The highest BCUT2D eigenvalue weighted by atomic mass is 35.5. The standard InChI is InChI=1S/C15H16ClNO2S/c1-11-4-2-3-5-12(11)9-20(18,19)10-13-8-14(17)6-7-15(13)16/h2-8H,9-10,17H2,1H3. The number of anilines is 1. The minimum Gasteiger partial charge on any atom is -0.399 e. The van der Waals surface area contributed by atoms with Crippen LogP contribution in [0.25, 0.3) is 0 Å². The molecule has 2 rings (SSSR count). The molecule has 0 bridgehead atoms. The minimum atomic E-state index is -3.29. The molecule has 0 fully saturated rings. The van der Waals surface area contributed by atoms with Crippen molar-refractivity contribution < 1.29 is 8.42 Å². The van der Waals surface area contributed by atoms with Crippen molar-refractivity contribution >= 4 is 27.1 Å². The Hall–Kier alpha value is -1.52. The van der Waals surface area contributed by atoms with Crippen molar-refractivity contribution in [3.63, 3.8) is 0 Å². The summed E-state index contributed by atoms with van der Waals surface area (Å²) < 4.78 is 24.6. The average Bonchev–Trinajstić information content (AvgIpc) is 2.36. The van der Waals surface area contributed by atoms with Gasteiger partial charge in [-0.25, -0.2) is 8.42 Å². The van der Waals surface area contributed by atoms with Crippen molar-refractivity contribution in [2.75, 3.05) is 5.73 Å². The lowest BCUT2D eigenvalue weighted by molar-refractivity contribution is 0.594. The quantitative estimate of drug-likeness (QED) is 0.881. The normalized spacial score (nSPS) is 11.5. The molecule has 5 heteroatoms. The third-order valence-electron chi connectivity index (χ3n) is 3.08. The van der Waals surface area contributed by atoms with Crippen LogP contribution in [0.1, 0.15) is 16.7 Å². The molecule has 0 saturated heterocycles. The Morgan fingerprint density at radius 2 is 1.70 bits per heavy atom. The van der Waals surface area contributed by atoms with Crippen LogP contribution in [-0.4, -0.2) is 8.42 Å². The summed E-state index contributed by atoms with van der Waals surface area (Å²) in [5, 5.41) is 0.424. The van der Waals surface area contributed by atoms with E-state index in [4.69, 9.17) is 17.3 Å². The molecule has 106 valence electrons. The Morgan fingerprint density at radius 1 is 1.05 bits per heavy atom. The number of aryl methyl sites for hydroxylation is 1. The van der Waals surface area contributed by atoms with E-state index in [-0.39, 0.29) is 11.5 Å². The molecule has 0 atom stereocenters. The molecule has 0 amide bonds. The molecule has 2 aromatic carbocycles. The highest BCUT2D eigenvalue weighted by Crippen LogP contribution is 2.23. The highest BCUT2D eigenvalue weighted by molar-refractivity contribution is 7.89. The summed E-state index contributed by atoms with van der Waals surface area (Å²) in [5.74, 6) is -0.101. The second kappa shape index (κ2) is 5.85. The number of benzene rings is 2.